The molecule has 2 bridgehead atoms. The van der Waals surface area contributed by atoms with Gasteiger partial charge in [-0.3, -0.25) is 14.2 Å². The van der Waals surface area contributed by atoms with Gasteiger partial charge in [0.1, 0.15) is 5.82 Å². The summed E-state index contributed by atoms with van der Waals surface area (Å²) in [6, 6.07) is 8.87. The van der Waals surface area contributed by atoms with E-state index in [1.54, 1.807) is 12.4 Å². The number of nitrogens with zero attached hydrogens (tertiary/aromatic N) is 4. The Morgan fingerprint density at radius 2 is 2.03 bits per heavy atom. The molecule has 3 aliphatic rings. The van der Waals surface area contributed by atoms with Crippen LogP contribution in [0.5, 0.6) is 0 Å². The van der Waals surface area contributed by atoms with Crippen LogP contribution in [0.1, 0.15) is 40.7 Å². The number of aliphatic hydroxyl groups is 1. The lowest BCUT2D eigenvalue weighted by Crippen LogP contribution is -2.41. The molecule has 4 aromatic rings. The fourth-order valence-electron chi connectivity index (χ4n) is 6.20. The van der Waals surface area contributed by atoms with E-state index in [9.17, 15) is 9.90 Å². The number of carbonyl (C=O) groups excluding carboxylic acids is 1. The summed E-state index contributed by atoms with van der Waals surface area (Å²) >= 11 is 0. The largest absolute Gasteiger partial charge is 0.393 e. The fraction of sp³-hybridized carbons (Fsp3) is 0.333. The molecule has 36 heavy (non-hydrogen) atoms. The van der Waals surface area contributed by atoms with Crippen molar-refractivity contribution in [2.24, 2.45) is 5.92 Å². The molecule has 182 valence electrons. The predicted octanol–water partition coefficient (Wildman–Crippen LogP) is 2.82. The van der Waals surface area contributed by atoms with Crippen LogP contribution in [0.4, 0.5) is 11.5 Å². The molecule has 0 saturated carbocycles. The Bertz CT molecular complexity index is 1470. The minimum atomic E-state index is -0.175. The molecule has 1 unspecified atom stereocenters. The van der Waals surface area contributed by atoms with Crippen LogP contribution in [-0.2, 0) is 13.0 Å². The first-order valence-corrected chi connectivity index (χ1v) is 12.5. The van der Waals surface area contributed by atoms with E-state index in [0.717, 1.165) is 53.8 Å². The van der Waals surface area contributed by atoms with Crippen LogP contribution in [0, 0.1) is 5.92 Å². The molecule has 2 fully saturated rings. The summed E-state index contributed by atoms with van der Waals surface area (Å²) in [5.74, 6) is 1.14. The molecule has 2 saturated heterocycles. The third-order valence-corrected chi connectivity index (χ3v) is 7.83. The highest BCUT2D eigenvalue weighted by Crippen LogP contribution is 2.36. The van der Waals surface area contributed by atoms with E-state index in [4.69, 9.17) is 0 Å². The number of rotatable bonds is 5. The summed E-state index contributed by atoms with van der Waals surface area (Å²) in [7, 11) is 0. The van der Waals surface area contributed by atoms with Gasteiger partial charge in [0.25, 0.3) is 5.91 Å². The summed E-state index contributed by atoms with van der Waals surface area (Å²) in [5.41, 5.74) is 6.17. The van der Waals surface area contributed by atoms with Crippen LogP contribution in [0.25, 0.3) is 16.9 Å². The number of imidazole rings is 1. The number of fused-ring (bicyclic) bond motifs is 4. The molecular weight excluding hydrogens is 454 g/mol. The molecular formula is C27H27N7O2. The van der Waals surface area contributed by atoms with Crippen molar-refractivity contribution in [3.05, 3.63) is 71.9 Å². The van der Waals surface area contributed by atoms with Crippen LogP contribution in [-0.4, -0.2) is 48.6 Å². The maximum absolute atomic E-state index is 12.8. The number of aliphatic hydroxyl groups excluding tert-OH is 1. The number of pyridine rings is 1. The smallest absolute Gasteiger partial charge is 0.254 e. The molecule has 6 heterocycles. The Morgan fingerprint density at radius 3 is 2.92 bits per heavy atom. The minimum Gasteiger partial charge on any atom is -0.393 e. The average molecular weight is 482 g/mol. The topological polar surface area (TPSA) is 116 Å². The number of amides is 1. The van der Waals surface area contributed by atoms with Crippen molar-refractivity contribution in [2.45, 2.75) is 50.4 Å². The van der Waals surface area contributed by atoms with E-state index in [1.807, 2.05) is 41.2 Å². The SMILES string of the molecule is O=C1NCc2c(-c3cnc4cnccn34)ccc(Nc3ccc(CC4C[C@@H]5C[C@@H](O)C[C@H]4N5)cn3)c21. The molecule has 4 atom stereocenters. The number of benzene rings is 1. The first kappa shape index (κ1) is 21.5. The van der Waals surface area contributed by atoms with E-state index in [0.29, 0.717) is 35.9 Å². The van der Waals surface area contributed by atoms with Gasteiger partial charge in [-0.15, -0.1) is 0 Å². The molecule has 3 aromatic heterocycles. The normalized spacial score (nSPS) is 24.6. The van der Waals surface area contributed by atoms with Gasteiger partial charge in [-0.25, -0.2) is 9.97 Å². The molecule has 7 rings (SSSR count). The van der Waals surface area contributed by atoms with Crippen molar-refractivity contribution >= 4 is 23.1 Å². The maximum atomic E-state index is 12.8. The summed E-state index contributed by atoms with van der Waals surface area (Å²) < 4.78 is 1.98. The van der Waals surface area contributed by atoms with Gasteiger partial charge < -0.3 is 21.1 Å². The van der Waals surface area contributed by atoms with Crippen molar-refractivity contribution in [3.8, 4) is 11.3 Å². The van der Waals surface area contributed by atoms with Crippen LogP contribution >= 0.6 is 0 Å². The second-order valence-corrected chi connectivity index (χ2v) is 10.1. The summed E-state index contributed by atoms with van der Waals surface area (Å²) in [6.45, 7) is 0.468. The lowest BCUT2D eigenvalue weighted by molar-refractivity contribution is 0.0966. The monoisotopic (exact) mass is 481 g/mol. The Hall–Kier alpha value is -3.82. The number of anilines is 2. The van der Waals surface area contributed by atoms with Crippen molar-refractivity contribution in [1.29, 1.82) is 0 Å². The third kappa shape index (κ3) is 3.63. The molecule has 9 heteroatoms. The van der Waals surface area contributed by atoms with Gasteiger partial charge in [0.15, 0.2) is 5.65 Å². The zero-order valence-electron chi connectivity index (χ0n) is 19.7. The minimum absolute atomic E-state index is 0.0940. The van der Waals surface area contributed by atoms with E-state index in [-0.39, 0.29) is 12.0 Å². The van der Waals surface area contributed by atoms with Crippen molar-refractivity contribution in [2.75, 3.05) is 5.32 Å². The zero-order valence-corrected chi connectivity index (χ0v) is 19.7. The van der Waals surface area contributed by atoms with Crippen LogP contribution < -0.4 is 16.0 Å². The summed E-state index contributed by atoms with van der Waals surface area (Å²) in [6.07, 6.45) is 12.6. The van der Waals surface area contributed by atoms with Crippen LogP contribution in [0.2, 0.25) is 0 Å². The Balaban J connectivity index is 1.13. The highest BCUT2D eigenvalue weighted by atomic mass is 16.3. The number of hydrogen-bond acceptors (Lipinski definition) is 7. The van der Waals surface area contributed by atoms with E-state index < -0.39 is 0 Å². The van der Waals surface area contributed by atoms with Gasteiger partial charge in [0, 0.05) is 42.8 Å². The molecule has 0 spiro atoms. The lowest BCUT2D eigenvalue weighted by atomic mass is 9.91. The maximum Gasteiger partial charge on any atom is 0.254 e. The highest BCUT2D eigenvalue weighted by Gasteiger charge is 2.39. The van der Waals surface area contributed by atoms with Gasteiger partial charge in [0.2, 0.25) is 0 Å². The molecule has 9 nitrogen and oxygen atoms in total. The van der Waals surface area contributed by atoms with Crippen LogP contribution in [0.15, 0.2) is 55.2 Å². The van der Waals surface area contributed by atoms with Gasteiger partial charge in [-0.2, -0.15) is 0 Å². The predicted molar refractivity (Wildman–Crippen MR) is 135 cm³/mol. The zero-order chi connectivity index (χ0) is 24.2. The highest BCUT2D eigenvalue weighted by molar-refractivity contribution is 6.06. The molecule has 1 aromatic carbocycles. The van der Waals surface area contributed by atoms with E-state index >= 15 is 0 Å². The number of hydrogen-bond donors (Lipinski definition) is 4. The molecule has 1 amide bonds. The van der Waals surface area contributed by atoms with Crippen molar-refractivity contribution < 1.29 is 9.90 Å². The number of aromatic nitrogens is 4. The standard InChI is InChI=1S/C27H27N7O2/c35-18-9-17-8-16(22(10-18)32-17)7-15-1-4-24(29-11-15)33-21-3-2-19(20-12-31-27(36)26(20)21)23-13-30-25-14-28-5-6-34(23)25/h1-6,11,13-14,16-18,22,32,35H,7-10,12H2,(H,29,33)(H,31,36)/t16?,17-,18-,22-/m1/s1. The second kappa shape index (κ2) is 8.39. The Kier molecular flexibility index (Phi) is 5.00. The quantitative estimate of drug-likeness (QED) is 0.346. The molecule has 0 aliphatic carbocycles. The lowest BCUT2D eigenvalue weighted by Gasteiger charge is -2.27. The number of piperidine rings is 1. The number of nitrogens with one attached hydrogen (secondary N) is 3. The Labute approximate surface area is 208 Å². The van der Waals surface area contributed by atoms with E-state index in [2.05, 4.69) is 37.0 Å². The number of carbonyl (C=O) groups is 1. The van der Waals surface area contributed by atoms with Gasteiger partial charge in [0.05, 0.1) is 35.4 Å². The second-order valence-electron chi connectivity index (χ2n) is 10.1. The van der Waals surface area contributed by atoms with Gasteiger partial charge in [-0.1, -0.05) is 12.1 Å². The summed E-state index contributed by atoms with van der Waals surface area (Å²) in [5, 5.41) is 20.0. The van der Waals surface area contributed by atoms with Crippen molar-refractivity contribution in [1.82, 2.24) is 30.0 Å². The Morgan fingerprint density at radius 1 is 1.08 bits per heavy atom. The first-order valence-electron chi connectivity index (χ1n) is 12.5. The van der Waals surface area contributed by atoms with Crippen LogP contribution in [0.3, 0.4) is 0 Å². The molecule has 3 aliphatic heterocycles. The molecule has 4 N–H and O–H groups in total. The summed E-state index contributed by atoms with van der Waals surface area (Å²) in [4.78, 5) is 26.0. The van der Waals surface area contributed by atoms with E-state index in [1.165, 1.54) is 5.56 Å². The van der Waals surface area contributed by atoms with Gasteiger partial charge in [-0.05, 0) is 54.9 Å². The van der Waals surface area contributed by atoms with Gasteiger partial charge >= 0.3 is 0 Å². The average Bonchev–Trinajstić information content (AvgIpc) is 3.56. The first-order chi connectivity index (χ1) is 17.6. The van der Waals surface area contributed by atoms with Crippen molar-refractivity contribution in [3.63, 3.8) is 0 Å². The third-order valence-electron chi connectivity index (χ3n) is 7.83. The molecule has 0 radical (unpaired) electrons. The fourth-order valence-corrected chi connectivity index (χ4v) is 6.20.